The molecule has 0 saturated heterocycles. The molecule has 1 aromatic heterocycles. The van der Waals surface area contributed by atoms with Gasteiger partial charge in [0.2, 0.25) is 0 Å². The number of carbonyl (C=O) groups excluding carboxylic acids is 3. The van der Waals surface area contributed by atoms with Crippen LogP contribution in [0.15, 0.2) is 60.8 Å². The standard InChI is InChI=1S/C30H33F2N5O5/c1-18-15-37(29(39)24-7-5-6-12-33-24)19(2)17-42-26-11-9-21(14-22(26)28(38)36(3)16-27(18)41-4)34-30(40)35-25-13-20(31)8-10-23(25)32/h5-14,18-19,27H,15-17H2,1-4H3,(H2,34,35,40)/t18-,19+,27-/m0/s1. The van der Waals surface area contributed by atoms with Crippen LogP contribution >= 0.6 is 0 Å². The summed E-state index contributed by atoms with van der Waals surface area (Å²) in [5.74, 6) is -2.06. The van der Waals surface area contributed by atoms with E-state index in [9.17, 15) is 23.2 Å². The van der Waals surface area contributed by atoms with E-state index in [4.69, 9.17) is 9.47 Å². The molecular weight excluding hydrogens is 548 g/mol. The van der Waals surface area contributed by atoms with Crippen molar-refractivity contribution in [2.45, 2.75) is 26.0 Å². The van der Waals surface area contributed by atoms with Crippen molar-refractivity contribution >= 4 is 29.2 Å². The second kappa shape index (κ2) is 13.4. The molecule has 0 unspecified atom stereocenters. The minimum Gasteiger partial charge on any atom is -0.491 e. The normalized spacial score (nSPS) is 19.6. The fourth-order valence-electron chi connectivity index (χ4n) is 4.65. The highest BCUT2D eigenvalue weighted by Gasteiger charge is 2.31. The first-order valence-electron chi connectivity index (χ1n) is 13.4. The molecule has 3 atom stereocenters. The molecule has 222 valence electrons. The molecule has 2 N–H and O–H groups in total. The lowest BCUT2D eigenvalue weighted by Gasteiger charge is -2.36. The van der Waals surface area contributed by atoms with Gasteiger partial charge in [0.1, 0.15) is 29.7 Å². The van der Waals surface area contributed by atoms with Crippen LogP contribution in [-0.2, 0) is 4.74 Å². The van der Waals surface area contributed by atoms with Crippen molar-refractivity contribution in [2.75, 3.05) is 44.5 Å². The molecule has 42 heavy (non-hydrogen) atoms. The summed E-state index contributed by atoms with van der Waals surface area (Å²) in [7, 11) is 3.18. The highest BCUT2D eigenvalue weighted by atomic mass is 19.1. The van der Waals surface area contributed by atoms with Gasteiger partial charge >= 0.3 is 6.03 Å². The van der Waals surface area contributed by atoms with Crippen LogP contribution in [0.25, 0.3) is 0 Å². The number of hydrogen-bond acceptors (Lipinski definition) is 6. The van der Waals surface area contributed by atoms with E-state index in [1.165, 1.54) is 23.1 Å². The number of benzene rings is 2. The van der Waals surface area contributed by atoms with Crippen molar-refractivity contribution in [2.24, 2.45) is 5.92 Å². The Morgan fingerprint density at radius 1 is 1.05 bits per heavy atom. The molecule has 0 spiro atoms. The number of anilines is 2. The van der Waals surface area contributed by atoms with Crippen LogP contribution in [0.5, 0.6) is 5.75 Å². The number of fused-ring (bicyclic) bond motifs is 1. The third kappa shape index (κ3) is 7.19. The Hall–Kier alpha value is -4.58. The minimum atomic E-state index is -0.833. The molecule has 0 aliphatic carbocycles. The van der Waals surface area contributed by atoms with Crippen LogP contribution in [0.2, 0.25) is 0 Å². The number of carbonyl (C=O) groups is 3. The highest BCUT2D eigenvalue weighted by Crippen LogP contribution is 2.27. The fraction of sp³-hybridized carbons (Fsp3) is 0.333. The lowest BCUT2D eigenvalue weighted by Crippen LogP contribution is -2.48. The summed E-state index contributed by atoms with van der Waals surface area (Å²) < 4.78 is 39.3. The predicted molar refractivity (Wildman–Crippen MR) is 153 cm³/mol. The molecule has 0 fully saturated rings. The Bertz CT molecular complexity index is 1440. The van der Waals surface area contributed by atoms with E-state index in [2.05, 4.69) is 15.6 Å². The fourth-order valence-corrected chi connectivity index (χ4v) is 4.65. The zero-order valence-electron chi connectivity index (χ0n) is 23.8. The van der Waals surface area contributed by atoms with Crippen molar-refractivity contribution in [3.05, 3.63) is 83.7 Å². The van der Waals surface area contributed by atoms with Gasteiger partial charge in [-0.05, 0) is 49.4 Å². The van der Waals surface area contributed by atoms with Gasteiger partial charge in [0.05, 0.1) is 23.4 Å². The zero-order valence-corrected chi connectivity index (χ0v) is 23.8. The molecule has 2 heterocycles. The molecule has 0 radical (unpaired) electrons. The minimum absolute atomic E-state index is 0.0685. The summed E-state index contributed by atoms with van der Waals surface area (Å²) in [5, 5.41) is 4.79. The molecule has 4 rings (SSSR count). The maximum atomic E-state index is 14.0. The van der Waals surface area contributed by atoms with Crippen molar-refractivity contribution in [3.63, 3.8) is 0 Å². The second-order valence-corrected chi connectivity index (χ2v) is 10.2. The van der Waals surface area contributed by atoms with Gasteiger partial charge in [-0.25, -0.2) is 13.6 Å². The maximum Gasteiger partial charge on any atom is 0.323 e. The summed E-state index contributed by atoms with van der Waals surface area (Å²) in [6.45, 7) is 4.42. The molecule has 12 heteroatoms. The average Bonchev–Trinajstić information content (AvgIpc) is 2.98. The van der Waals surface area contributed by atoms with Crippen LogP contribution in [0.1, 0.15) is 34.7 Å². The van der Waals surface area contributed by atoms with Gasteiger partial charge in [0.25, 0.3) is 11.8 Å². The topological polar surface area (TPSA) is 113 Å². The molecule has 3 aromatic rings. The molecule has 2 aromatic carbocycles. The Morgan fingerprint density at radius 2 is 1.83 bits per heavy atom. The van der Waals surface area contributed by atoms with Gasteiger partial charge in [-0.15, -0.1) is 0 Å². The van der Waals surface area contributed by atoms with Crippen LogP contribution in [0, 0.1) is 17.6 Å². The Kier molecular flexibility index (Phi) is 9.68. The van der Waals surface area contributed by atoms with Crippen LogP contribution in [-0.4, -0.2) is 78.6 Å². The third-order valence-electron chi connectivity index (χ3n) is 7.02. The van der Waals surface area contributed by atoms with E-state index in [1.54, 1.807) is 43.5 Å². The Labute approximate surface area is 242 Å². The number of pyridine rings is 1. The highest BCUT2D eigenvalue weighted by molar-refractivity contribution is 6.02. The molecule has 4 amide bonds. The first-order chi connectivity index (χ1) is 20.1. The van der Waals surface area contributed by atoms with Gasteiger partial charge in [-0.1, -0.05) is 13.0 Å². The van der Waals surface area contributed by atoms with Crippen LogP contribution in [0.3, 0.4) is 0 Å². The third-order valence-corrected chi connectivity index (χ3v) is 7.02. The SMILES string of the molecule is CO[C@H]1CN(C)C(=O)c2cc(NC(=O)Nc3cc(F)ccc3F)ccc2OC[C@@H](C)N(C(=O)c2ccccn2)C[C@@H]1C. The predicted octanol–water partition coefficient (Wildman–Crippen LogP) is 4.65. The van der Waals surface area contributed by atoms with Gasteiger partial charge in [-0.2, -0.15) is 0 Å². The molecule has 10 nitrogen and oxygen atoms in total. The zero-order chi connectivity index (χ0) is 30.4. The van der Waals surface area contributed by atoms with E-state index in [0.29, 0.717) is 12.2 Å². The van der Waals surface area contributed by atoms with Gasteiger partial charge < -0.3 is 29.9 Å². The van der Waals surface area contributed by atoms with Crippen LogP contribution in [0.4, 0.5) is 25.0 Å². The van der Waals surface area contributed by atoms with E-state index >= 15 is 0 Å². The van der Waals surface area contributed by atoms with E-state index < -0.39 is 29.8 Å². The van der Waals surface area contributed by atoms with Gasteiger partial charge in [0, 0.05) is 51.1 Å². The van der Waals surface area contributed by atoms with Gasteiger partial charge in [-0.3, -0.25) is 14.6 Å². The summed E-state index contributed by atoms with van der Waals surface area (Å²) in [6.07, 6.45) is 1.16. The number of halogens is 2. The molecule has 0 saturated carbocycles. The maximum absolute atomic E-state index is 14.0. The summed E-state index contributed by atoms with van der Waals surface area (Å²) in [5.41, 5.74) is 0.344. The number of aromatic nitrogens is 1. The average molecular weight is 582 g/mol. The molecule has 1 aliphatic heterocycles. The van der Waals surface area contributed by atoms with Crippen molar-refractivity contribution < 1.29 is 32.6 Å². The Morgan fingerprint density at radius 3 is 2.55 bits per heavy atom. The van der Waals surface area contributed by atoms with Crippen molar-refractivity contribution in [1.82, 2.24) is 14.8 Å². The Balaban J connectivity index is 1.61. The number of ether oxygens (including phenoxy) is 2. The summed E-state index contributed by atoms with van der Waals surface area (Å²) in [4.78, 5) is 47.0. The molecular formula is C30H33F2N5O5. The summed E-state index contributed by atoms with van der Waals surface area (Å²) >= 11 is 0. The number of nitrogens with one attached hydrogen (secondary N) is 2. The lowest BCUT2D eigenvalue weighted by atomic mass is 10.0. The number of likely N-dealkylation sites (N-methyl/N-ethyl adjacent to an activating group) is 1. The first-order valence-corrected chi connectivity index (χ1v) is 13.4. The number of urea groups is 1. The quantitative estimate of drug-likeness (QED) is 0.464. The second-order valence-electron chi connectivity index (χ2n) is 10.2. The first kappa shape index (κ1) is 30.4. The van der Waals surface area contributed by atoms with Crippen molar-refractivity contribution in [3.8, 4) is 5.75 Å². The monoisotopic (exact) mass is 581 g/mol. The summed E-state index contributed by atoms with van der Waals surface area (Å²) in [6, 6.07) is 11.1. The number of nitrogens with zero attached hydrogens (tertiary/aromatic N) is 3. The molecule has 0 bridgehead atoms. The number of hydrogen-bond donors (Lipinski definition) is 2. The van der Waals surface area contributed by atoms with E-state index in [0.717, 1.165) is 18.2 Å². The lowest BCUT2D eigenvalue weighted by molar-refractivity contribution is 0.0109. The van der Waals surface area contributed by atoms with E-state index in [1.807, 2.05) is 13.8 Å². The smallest absolute Gasteiger partial charge is 0.323 e. The number of amides is 4. The van der Waals surface area contributed by atoms with Crippen LogP contribution < -0.4 is 15.4 Å². The van der Waals surface area contributed by atoms with E-state index in [-0.39, 0.29) is 53.6 Å². The van der Waals surface area contributed by atoms with Crippen molar-refractivity contribution in [1.29, 1.82) is 0 Å². The number of methoxy groups -OCH3 is 1. The number of rotatable bonds is 4. The molecule has 1 aliphatic rings. The largest absolute Gasteiger partial charge is 0.491 e. The van der Waals surface area contributed by atoms with Gasteiger partial charge in [0.15, 0.2) is 0 Å².